The first-order valence-electron chi connectivity index (χ1n) is 7.19. The lowest BCUT2D eigenvalue weighted by Gasteiger charge is -2.43. The molecule has 1 fully saturated rings. The fraction of sp³-hybridized carbons (Fsp3) is 0.562. The SMILES string of the molecule is CC(=O)c1ccc(N2CCN(C(C)(C)C)CC2)cc1N. The zero-order valence-electron chi connectivity index (χ0n) is 12.9. The molecule has 0 aromatic heterocycles. The average molecular weight is 275 g/mol. The molecule has 0 aliphatic carbocycles. The van der Waals surface area contributed by atoms with Gasteiger partial charge in [-0.05, 0) is 45.9 Å². The molecule has 4 heteroatoms. The zero-order chi connectivity index (χ0) is 14.9. The number of Topliss-reactive ketones (excluding diaryl/α,β-unsaturated/α-hetero) is 1. The molecule has 1 aromatic carbocycles. The Labute approximate surface area is 121 Å². The summed E-state index contributed by atoms with van der Waals surface area (Å²) in [6, 6.07) is 5.76. The number of rotatable bonds is 2. The number of ketones is 1. The van der Waals surface area contributed by atoms with Gasteiger partial charge in [0.05, 0.1) is 0 Å². The number of anilines is 2. The van der Waals surface area contributed by atoms with Crippen molar-refractivity contribution in [3.8, 4) is 0 Å². The summed E-state index contributed by atoms with van der Waals surface area (Å²) in [5.74, 6) is 0.0200. The van der Waals surface area contributed by atoms with Crippen LogP contribution in [0.1, 0.15) is 38.1 Å². The van der Waals surface area contributed by atoms with Crippen molar-refractivity contribution in [2.75, 3.05) is 36.8 Å². The van der Waals surface area contributed by atoms with Gasteiger partial charge in [-0.1, -0.05) is 0 Å². The predicted molar refractivity (Wildman–Crippen MR) is 84.4 cm³/mol. The number of benzene rings is 1. The molecule has 2 N–H and O–H groups in total. The minimum absolute atomic E-state index is 0.0200. The Morgan fingerprint density at radius 2 is 1.75 bits per heavy atom. The zero-order valence-corrected chi connectivity index (χ0v) is 12.9. The monoisotopic (exact) mass is 275 g/mol. The highest BCUT2D eigenvalue weighted by molar-refractivity contribution is 5.99. The van der Waals surface area contributed by atoms with Crippen LogP contribution >= 0.6 is 0 Å². The first-order chi connectivity index (χ1) is 9.29. The fourth-order valence-electron chi connectivity index (χ4n) is 2.70. The number of hydrogen-bond donors (Lipinski definition) is 1. The van der Waals surface area contributed by atoms with E-state index in [9.17, 15) is 4.79 Å². The van der Waals surface area contributed by atoms with Crippen molar-refractivity contribution in [1.29, 1.82) is 0 Å². The lowest BCUT2D eigenvalue weighted by Crippen LogP contribution is -2.53. The summed E-state index contributed by atoms with van der Waals surface area (Å²) in [6.07, 6.45) is 0. The summed E-state index contributed by atoms with van der Waals surface area (Å²) < 4.78 is 0. The van der Waals surface area contributed by atoms with E-state index in [1.54, 1.807) is 6.92 Å². The number of piperazine rings is 1. The molecule has 1 saturated heterocycles. The highest BCUT2D eigenvalue weighted by Crippen LogP contribution is 2.24. The first-order valence-corrected chi connectivity index (χ1v) is 7.19. The molecule has 0 amide bonds. The lowest BCUT2D eigenvalue weighted by atomic mass is 10.0. The van der Waals surface area contributed by atoms with Crippen LogP contribution in [0.15, 0.2) is 18.2 Å². The molecule has 1 aliphatic heterocycles. The molecule has 0 spiro atoms. The fourth-order valence-corrected chi connectivity index (χ4v) is 2.70. The van der Waals surface area contributed by atoms with Crippen LogP contribution in [0.25, 0.3) is 0 Å². The van der Waals surface area contributed by atoms with Gasteiger partial charge in [-0.25, -0.2) is 0 Å². The molecule has 4 nitrogen and oxygen atoms in total. The normalized spacial score (nSPS) is 17.3. The largest absolute Gasteiger partial charge is 0.398 e. The Kier molecular flexibility index (Phi) is 4.04. The lowest BCUT2D eigenvalue weighted by molar-refractivity contribution is 0.101. The van der Waals surface area contributed by atoms with Gasteiger partial charge in [0.2, 0.25) is 0 Å². The van der Waals surface area contributed by atoms with Crippen LogP contribution in [-0.4, -0.2) is 42.4 Å². The molecule has 0 radical (unpaired) electrons. The molecule has 0 unspecified atom stereocenters. The molecule has 20 heavy (non-hydrogen) atoms. The molecule has 1 aliphatic rings. The number of nitrogens with two attached hydrogens (primary N) is 1. The molecule has 0 bridgehead atoms. The van der Waals surface area contributed by atoms with Gasteiger partial charge in [-0.15, -0.1) is 0 Å². The Morgan fingerprint density at radius 1 is 1.15 bits per heavy atom. The second-order valence-electron chi connectivity index (χ2n) is 6.47. The van der Waals surface area contributed by atoms with E-state index in [2.05, 4.69) is 30.6 Å². The van der Waals surface area contributed by atoms with Crippen LogP contribution in [0, 0.1) is 0 Å². The number of hydrogen-bond acceptors (Lipinski definition) is 4. The maximum Gasteiger partial charge on any atom is 0.161 e. The maximum atomic E-state index is 11.4. The molecule has 110 valence electrons. The molecular formula is C16H25N3O. The Bertz CT molecular complexity index is 497. The Balaban J connectivity index is 2.08. The molecular weight excluding hydrogens is 250 g/mol. The van der Waals surface area contributed by atoms with E-state index in [1.807, 2.05) is 18.2 Å². The van der Waals surface area contributed by atoms with E-state index in [-0.39, 0.29) is 11.3 Å². The number of carbonyl (C=O) groups is 1. The topological polar surface area (TPSA) is 49.6 Å². The van der Waals surface area contributed by atoms with Gasteiger partial charge in [-0.3, -0.25) is 9.69 Å². The van der Waals surface area contributed by atoms with Crippen molar-refractivity contribution in [1.82, 2.24) is 4.90 Å². The Morgan fingerprint density at radius 3 is 2.20 bits per heavy atom. The molecule has 1 aromatic rings. The van der Waals surface area contributed by atoms with Crippen LogP contribution in [0.5, 0.6) is 0 Å². The minimum Gasteiger partial charge on any atom is -0.398 e. The highest BCUT2D eigenvalue weighted by Gasteiger charge is 2.26. The van der Waals surface area contributed by atoms with Crippen LogP contribution in [0.3, 0.4) is 0 Å². The van der Waals surface area contributed by atoms with Crippen molar-refractivity contribution in [3.63, 3.8) is 0 Å². The second-order valence-corrected chi connectivity index (χ2v) is 6.47. The van der Waals surface area contributed by atoms with Crippen molar-refractivity contribution < 1.29 is 4.79 Å². The van der Waals surface area contributed by atoms with E-state index >= 15 is 0 Å². The van der Waals surface area contributed by atoms with Crippen molar-refractivity contribution in [3.05, 3.63) is 23.8 Å². The van der Waals surface area contributed by atoms with E-state index < -0.39 is 0 Å². The van der Waals surface area contributed by atoms with E-state index in [1.165, 1.54) is 0 Å². The summed E-state index contributed by atoms with van der Waals surface area (Å²) in [5, 5.41) is 0. The van der Waals surface area contributed by atoms with Gasteiger partial charge in [0, 0.05) is 48.7 Å². The number of nitrogen functional groups attached to an aromatic ring is 1. The second kappa shape index (κ2) is 5.44. The van der Waals surface area contributed by atoms with Crippen molar-refractivity contribution in [2.24, 2.45) is 0 Å². The van der Waals surface area contributed by atoms with Gasteiger partial charge in [0.15, 0.2) is 5.78 Å². The number of nitrogens with zero attached hydrogens (tertiary/aromatic N) is 2. The summed E-state index contributed by atoms with van der Waals surface area (Å²) in [6.45, 7) is 12.4. The van der Waals surface area contributed by atoms with E-state index in [0.29, 0.717) is 11.3 Å². The first kappa shape index (κ1) is 14.9. The van der Waals surface area contributed by atoms with Gasteiger partial charge in [-0.2, -0.15) is 0 Å². The average Bonchev–Trinajstić information content (AvgIpc) is 2.37. The summed E-state index contributed by atoms with van der Waals surface area (Å²) in [7, 11) is 0. The highest BCUT2D eigenvalue weighted by atomic mass is 16.1. The summed E-state index contributed by atoms with van der Waals surface area (Å²) >= 11 is 0. The van der Waals surface area contributed by atoms with Crippen LogP contribution in [0.4, 0.5) is 11.4 Å². The molecule has 2 rings (SSSR count). The van der Waals surface area contributed by atoms with Crippen LogP contribution in [0.2, 0.25) is 0 Å². The van der Waals surface area contributed by atoms with Gasteiger partial charge >= 0.3 is 0 Å². The summed E-state index contributed by atoms with van der Waals surface area (Å²) in [5.41, 5.74) is 8.50. The minimum atomic E-state index is 0.0200. The Hall–Kier alpha value is -1.55. The van der Waals surface area contributed by atoms with Gasteiger partial charge in [0.25, 0.3) is 0 Å². The molecule has 1 heterocycles. The molecule has 0 saturated carbocycles. The van der Waals surface area contributed by atoms with Crippen molar-refractivity contribution in [2.45, 2.75) is 33.2 Å². The van der Waals surface area contributed by atoms with Gasteiger partial charge < -0.3 is 10.6 Å². The summed E-state index contributed by atoms with van der Waals surface area (Å²) in [4.78, 5) is 16.2. The van der Waals surface area contributed by atoms with Crippen LogP contribution in [-0.2, 0) is 0 Å². The smallest absolute Gasteiger partial charge is 0.161 e. The third-order valence-electron chi connectivity index (χ3n) is 4.01. The quantitative estimate of drug-likeness (QED) is 0.665. The number of carbonyl (C=O) groups excluding carboxylic acids is 1. The van der Waals surface area contributed by atoms with Crippen molar-refractivity contribution >= 4 is 17.2 Å². The van der Waals surface area contributed by atoms with E-state index in [0.717, 1.165) is 31.9 Å². The third kappa shape index (κ3) is 3.12. The van der Waals surface area contributed by atoms with Crippen LogP contribution < -0.4 is 10.6 Å². The standard InChI is InChI=1S/C16H25N3O/c1-12(20)14-6-5-13(11-15(14)17)18-7-9-19(10-8-18)16(2,3)4/h5-6,11H,7-10,17H2,1-4H3. The maximum absolute atomic E-state index is 11.4. The van der Waals surface area contributed by atoms with Gasteiger partial charge in [0.1, 0.15) is 0 Å². The van der Waals surface area contributed by atoms with E-state index in [4.69, 9.17) is 5.73 Å². The third-order valence-corrected chi connectivity index (χ3v) is 4.01. The predicted octanol–water partition coefficient (Wildman–Crippen LogP) is 2.39. The molecule has 0 atom stereocenters.